The SMILES string of the molecule is COC(=O)C(C#N)=Cc1cc(OC)c(OC)cc1OC. The van der Waals surface area contributed by atoms with Gasteiger partial charge in [-0.25, -0.2) is 4.79 Å². The van der Waals surface area contributed by atoms with E-state index < -0.39 is 5.97 Å². The van der Waals surface area contributed by atoms with Gasteiger partial charge >= 0.3 is 5.97 Å². The van der Waals surface area contributed by atoms with Crippen molar-refractivity contribution in [2.24, 2.45) is 0 Å². The second-order valence-electron chi connectivity index (χ2n) is 3.61. The second-order valence-corrected chi connectivity index (χ2v) is 3.61. The number of nitrogens with zero attached hydrogens (tertiary/aromatic N) is 1. The molecule has 0 saturated heterocycles. The Morgan fingerprint density at radius 3 is 2.05 bits per heavy atom. The highest BCUT2D eigenvalue weighted by atomic mass is 16.5. The number of nitriles is 1. The molecule has 0 aromatic heterocycles. The summed E-state index contributed by atoms with van der Waals surface area (Å²) in [5, 5.41) is 8.96. The number of carbonyl (C=O) groups is 1. The van der Waals surface area contributed by atoms with E-state index in [0.29, 0.717) is 22.8 Å². The zero-order valence-corrected chi connectivity index (χ0v) is 11.7. The van der Waals surface area contributed by atoms with Gasteiger partial charge in [0.15, 0.2) is 11.5 Å². The summed E-state index contributed by atoms with van der Waals surface area (Å²) in [5.74, 6) is 0.670. The van der Waals surface area contributed by atoms with Crippen LogP contribution in [-0.4, -0.2) is 34.4 Å². The van der Waals surface area contributed by atoms with Crippen LogP contribution in [0.5, 0.6) is 17.2 Å². The van der Waals surface area contributed by atoms with Gasteiger partial charge in [0.05, 0.1) is 28.4 Å². The molecule has 6 heteroatoms. The van der Waals surface area contributed by atoms with Crippen molar-refractivity contribution in [3.63, 3.8) is 0 Å². The summed E-state index contributed by atoms with van der Waals surface area (Å²) in [6.45, 7) is 0. The number of carbonyl (C=O) groups excluding carboxylic acids is 1. The fourth-order valence-electron chi connectivity index (χ4n) is 1.57. The van der Waals surface area contributed by atoms with E-state index in [1.165, 1.54) is 34.5 Å². The Morgan fingerprint density at radius 1 is 1.05 bits per heavy atom. The van der Waals surface area contributed by atoms with Crippen LogP contribution in [0.15, 0.2) is 17.7 Å². The summed E-state index contributed by atoms with van der Waals surface area (Å²) in [6, 6.07) is 4.99. The van der Waals surface area contributed by atoms with Crippen molar-refractivity contribution >= 4 is 12.0 Å². The molecule has 0 radical (unpaired) electrons. The minimum atomic E-state index is -0.718. The molecule has 0 aliphatic heterocycles. The smallest absolute Gasteiger partial charge is 0.348 e. The molecule has 0 unspecified atom stereocenters. The van der Waals surface area contributed by atoms with Crippen molar-refractivity contribution in [2.75, 3.05) is 28.4 Å². The summed E-state index contributed by atoms with van der Waals surface area (Å²) < 4.78 is 20.0. The first-order chi connectivity index (χ1) is 9.60. The highest BCUT2D eigenvalue weighted by molar-refractivity contribution is 5.98. The van der Waals surface area contributed by atoms with E-state index in [1.807, 2.05) is 0 Å². The van der Waals surface area contributed by atoms with E-state index in [4.69, 9.17) is 19.5 Å². The molecule has 0 atom stereocenters. The van der Waals surface area contributed by atoms with Gasteiger partial charge in [0.25, 0.3) is 0 Å². The van der Waals surface area contributed by atoms with E-state index in [1.54, 1.807) is 18.2 Å². The zero-order chi connectivity index (χ0) is 15.1. The molecule has 1 aromatic rings. The van der Waals surface area contributed by atoms with Crippen LogP contribution in [0.25, 0.3) is 6.08 Å². The van der Waals surface area contributed by atoms with Gasteiger partial charge in [-0.2, -0.15) is 5.26 Å². The van der Waals surface area contributed by atoms with Crippen LogP contribution in [0.4, 0.5) is 0 Å². The molecule has 0 aliphatic carbocycles. The average molecular weight is 277 g/mol. The van der Waals surface area contributed by atoms with E-state index in [9.17, 15) is 4.79 Å². The lowest BCUT2D eigenvalue weighted by atomic mass is 10.1. The Labute approximate surface area is 117 Å². The summed E-state index contributed by atoms with van der Waals surface area (Å²) in [6.07, 6.45) is 1.37. The minimum Gasteiger partial charge on any atom is -0.496 e. The second kappa shape index (κ2) is 7.04. The van der Waals surface area contributed by atoms with Gasteiger partial charge in [0, 0.05) is 11.6 Å². The first-order valence-corrected chi connectivity index (χ1v) is 5.61. The molecule has 0 N–H and O–H groups in total. The summed E-state index contributed by atoms with van der Waals surface area (Å²) in [4.78, 5) is 11.4. The predicted molar refractivity (Wildman–Crippen MR) is 71.7 cm³/mol. The number of hydrogen-bond acceptors (Lipinski definition) is 6. The molecule has 1 aromatic carbocycles. The molecule has 0 bridgehead atoms. The van der Waals surface area contributed by atoms with Gasteiger partial charge in [-0.15, -0.1) is 0 Å². The Kier molecular flexibility index (Phi) is 5.42. The van der Waals surface area contributed by atoms with Crippen LogP contribution in [-0.2, 0) is 9.53 Å². The topological polar surface area (TPSA) is 77.8 Å². The number of benzene rings is 1. The van der Waals surface area contributed by atoms with E-state index in [2.05, 4.69) is 4.74 Å². The third kappa shape index (κ3) is 3.20. The molecule has 1 rings (SSSR count). The van der Waals surface area contributed by atoms with Crippen LogP contribution in [0.2, 0.25) is 0 Å². The van der Waals surface area contributed by atoms with Gasteiger partial charge in [-0.05, 0) is 12.1 Å². The van der Waals surface area contributed by atoms with Gasteiger partial charge in [-0.1, -0.05) is 0 Å². The number of esters is 1. The quantitative estimate of drug-likeness (QED) is 0.464. The van der Waals surface area contributed by atoms with E-state index in [-0.39, 0.29) is 5.57 Å². The number of hydrogen-bond donors (Lipinski definition) is 0. The van der Waals surface area contributed by atoms with Crippen LogP contribution in [0.1, 0.15) is 5.56 Å². The fourth-order valence-corrected chi connectivity index (χ4v) is 1.57. The average Bonchev–Trinajstić information content (AvgIpc) is 2.50. The van der Waals surface area contributed by atoms with Crippen molar-refractivity contribution in [2.45, 2.75) is 0 Å². The number of methoxy groups -OCH3 is 4. The molecule has 20 heavy (non-hydrogen) atoms. The van der Waals surface area contributed by atoms with E-state index >= 15 is 0 Å². The minimum absolute atomic E-state index is 0.141. The van der Waals surface area contributed by atoms with Crippen LogP contribution in [0.3, 0.4) is 0 Å². The van der Waals surface area contributed by atoms with Crippen LogP contribution in [0, 0.1) is 11.3 Å². The van der Waals surface area contributed by atoms with Crippen molar-refractivity contribution < 1.29 is 23.7 Å². The molecule has 0 amide bonds. The summed E-state index contributed by atoms with van der Waals surface area (Å²) in [7, 11) is 5.67. The molecule has 106 valence electrons. The van der Waals surface area contributed by atoms with Crippen molar-refractivity contribution in [3.8, 4) is 23.3 Å². The Morgan fingerprint density at radius 2 is 1.60 bits per heavy atom. The van der Waals surface area contributed by atoms with E-state index in [0.717, 1.165) is 0 Å². The third-order valence-corrected chi connectivity index (χ3v) is 2.56. The highest BCUT2D eigenvalue weighted by Gasteiger charge is 2.14. The Bertz CT molecular complexity index is 572. The fraction of sp³-hybridized carbons (Fsp3) is 0.286. The highest BCUT2D eigenvalue weighted by Crippen LogP contribution is 2.35. The summed E-state index contributed by atoms with van der Waals surface area (Å²) in [5.41, 5.74) is 0.366. The maximum atomic E-state index is 11.4. The third-order valence-electron chi connectivity index (χ3n) is 2.56. The first kappa shape index (κ1) is 15.4. The summed E-state index contributed by atoms with van der Waals surface area (Å²) >= 11 is 0. The number of rotatable bonds is 5. The van der Waals surface area contributed by atoms with Crippen molar-refractivity contribution in [3.05, 3.63) is 23.3 Å². The maximum absolute atomic E-state index is 11.4. The molecule has 6 nitrogen and oxygen atoms in total. The van der Waals surface area contributed by atoms with Crippen molar-refractivity contribution in [1.82, 2.24) is 0 Å². The maximum Gasteiger partial charge on any atom is 0.348 e. The molecule has 0 spiro atoms. The van der Waals surface area contributed by atoms with Crippen molar-refractivity contribution in [1.29, 1.82) is 5.26 Å². The molecular weight excluding hydrogens is 262 g/mol. The monoisotopic (exact) mass is 277 g/mol. The van der Waals surface area contributed by atoms with Gasteiger partial charge in [0.2, 0.25) is 0 Å². The predicted octanol–water partition coefficient (Wildman–Crippen LogP) is 1.79. The number of ether oxygens (including phenoxy) is 4. The molecule has 0 fully saturated rings. The standard InChI is InChI=1S/C14H15NO5/c1-17-11-7-13(19-3)12(18-2)6-9(11)5-10(8-15)14(16)20-4/h5-7H,1-4H3. The largest absolute Gasteiger partial charge is 0.496 e. The van der Waals surface area contributed by atoms with Crippen LogP contribution >= 0.6 is 0 Å². The molecule has 0 heterocycles. The van der Waals surface area contributed by atoms with Gasteiger partial charge in [0.1, 0.15) is 17.4 Å². The lowest BCUT2D eigenvalue weighted by molar-refractivity contribution is -0.135. The normalized spacial score (nSPS) is 10.4. The van der Waals surface area contributed by atoms with Crippen LogP contribution < -0.4 is 14.2 Å². The lowest BCUT2D eigenvalue weighted by Crippen LogP contribution is -2.03. The molecular formula is C14H15NO5. The molecule has 0 saturated carbocycles. The van der Waals surface area contributed by atoms with Gasteiger partial charge in [-0.3, -0.25) is 0 Å². The molecule has 0 aliphatic rings. The Hall–Kier alpha value is -2.68. The lowest BCUT2D eigenvalue weighted by Gasteiger charge is -2.12. The van der Waals surface area contributed by atoms with Gasteiger partial charge < -0.3 is 18.9 Å². The first-order valence-electron chi connectivity index (χ1n) is 5.61. The zero-order valence-electron chi connectivity index (χ0n) is 11.7. The Balaban J connectivity index is 3.40.